The molecule has 0 radical (unpaired) electrons. The van der Waals surface area contributed by atoms with Crippen LogP contribution in [0.15, 0.2) is 49.0 Å². The smallest absolute Gasteiger partial charge is 0.242 e. The molecule has 0 aromatic heterocycles. The number of nitrogens with one attached hydrogen (secondary N) is 2. The summed E-state index contributed by atoms with van der Waals surface area (Å²) in [6.07, 6.45) is 2.02. The van der Waals surface area contributed by atoms with E-state index >= 15 is 0 Å². The van der Waals surface area contributed by atoms with Gasteiger partial charge in [-0.1, -0.05) is 48.5 Å². The number of benzene rings is 2. The van der Waals surface area contributed by atoms with Gasteiger partial charge in [-0.25, -0.2) is 0 Å². The first-order valence-electron chi connectivity index (χ1n) is 10.5. The summed E-state index contributed by atoms with van der Waals surface area (Å²) in [4.78, 5) is 12.2. The lowest BCUT2D eigenvalue weighted by Gasteiger charge is -2.28. The van der Waals surface area contributed by atoms with E-state index in [9.17, 15) is 4.79 Å². The first kappa shape index (κ1) is 20.4. The fourth-order valence-electron chi connectivity index (χ4n) is 4.46. The first-order valence-corrected chi connectivity index (χ1v) is 10.5. The maximum Gasteiger partial charge on any atom is 0.242 e. The molecule has 2 aliphatic heterocycles. The molecule has 0 aliphatic carbocycles. The molecule has 0 spiro atoms. The third-order valence-corrected chi connectivity index (χ3v) is 6.25. The Morgan fingerprint density at radius 3 is 2.90 bits per heavy atom. The van der Waals surface area contributed by atoms with Crippen molar-refractivity contribution < 1.29 is 4.79 Å². The molecule has 5 nitrogen and oxygen atoms in total. The van der Waals surface area contributed by atoms with Gasteiger partial charge in [-0.15, -0.1) is 0 Å². The second kappa shape index (κ2) is 8.13. The van der Waals surface area contributed by atoms with E-state index in [1.165, 1.54) is 16.7 Å². The average molecular weight is 400 g/mol. The van der Waals surface area contributed by atoms with E-state index < -0.39 is 6.04 Å². The summed E-state index contributed by atoms with van der Waals surface area (Å²) in [7, 11) is 0. The molecular weight excluding hydrogens is 371 g/mol. The van der Waals surface area contributed by atoms with Crippen LogP contribution in [0.5, 0.6) is 0 Å². The lowest BCUT2D eigenvalue weighted by molar-refractivity contribution is -0.117. The molecule has 154 valence electrons. The number of carbonyl (C=O) groups is 1. The average Bonchev–Trinajstić information content (AvgIpc) is 3.15. The minimum Gasteiger partial charge on any atom is -0.389 e. The molecule has 0 fully saturated rings. The lowest BCUT2D eigenvalue weighted by Crippen LogP contribution is -2.42. The van der Waals surface area contributed by atoms with Gasteiger partial charge in [0.25, 0.3) is 0 Å². The van der Waals surface area contributed by atoms with Crippen molar-refractivity contribution in [2.45, 2.75) is 38.6 Å². The molecule has 2 aromatic rings. The summed E-state index contributed by atoms with van der Waals surface area (Å²) in [5, 5.41) is 6.63. The van der Waals surface area contributed by atoms with Gasteiger partial charge in [0.1, 0.15) is 0 Å². The Morgan fingerprint density at radius 1 is 1.37 bits per heavy atom. The molecule has 0 bridgehead atoms. The van der Waals surface area contributed by atoms with Gasteiger partial charge in [0.15, 0.2) is 6.71 Å². The van der Waals surface area contributed by atoms with Crippen molar-refractivity contribution >= 4 is 29.6 Å². The van der Waals surface area contributed by atoms with Gasteiger partial charge >= 0.3 is 0 Å². The molecule has 2 atom stereocenters. The molecule has 6 heteroatoms. The third-order valence-electron chi connectivity index (χ3n) is 6.25. The number of anilines is 1. The van der Waals surface area contributed by atoms with Crippen molar-refractivity contribution in [3.05, 3.63) is 76.8 Å². The van der Waals surface area contributed by atoms with Gasteiger partial charge in [0.05, 0.1) is 6.04 Å². The quantitative estimate of drug-likeness (QED) is 0.581. The van der Waals surface area contributed by atoms with E-state index in [2.05, 4.69) is 54.4 Å². The number of carbonyl (C=O) groups excluding carboxylic acids is 1. The largest absolute Gasteiger partial charge is 0.389 e. The Labute approximate surface area is 178 Å². The summed E-state index contributed by atoms with van der Waals surface area (Å²) < 4.78 is 0. The van der Waals surface area contributed by atoms with Crippen molar-refractivity contribution in [3.63, 3.8) is 0 Å². The number of hydrogen-bond acceptors (Lipinski definition) is 4. The monoisotopic (exact) mass is 400 g/mol. The van der Waals surface area contributed by atoms with Crippen LogP contribution < -0.4 is 22.1 Å². The molecule has 0 saturated heterocycles. The number of aryl methyl sites for hydroxylation is 1. The number of allylic oxidation sites excluding steroid dienone is 1. The number of amides is 1. The number of fused-ring (bicyclic) bond motifs is 2. The molecule has 2 unspecified atom stereocenters. The third kappa shape index (κ3) is 3.81. The topological polar surface area (TPSA) is 93.2 Å². The molecule has 30 heavy (non-hydrogen) atoms. The second-order valence-electron chi connectivity index (χ2n) is 8.49. The van der Waals surface area contributed by atoms with Gasteiger partial charge < -0.3 is 22.1 Å². The Bertz CT molecular complexity index is 1050. The van der Waals surface area contributed by atoms with Crippen LogP contribution >= 0.6 is 0 Å². The van der Waals surface area contributed by atoms with Crippen LogP contribution in [0.1, 0.15) is 34.7 Å². The van der Waals surface area contributed by atoms with Gasteiger partial charge in [-0.3, -0.25) is 4.79 Å². The second-order valence-corrected chi connectivity index (χ2v) is 8.49. The summed E-state index contributed by atoms with van der Waals surface area (Å²) >= 11 is 0. The zero-order valence-corrected chi connectivity index (χ0v) is 17.7. The Morgan fingerprint density at radius 2 is 2.17 bits per heavy atom. The van der Waals surface area contributed by atoms with Crippen LogP contribution in [-0.2, 0) is 17.5 Å². The Kier molecular flexibility index (Phi) is 5.54. The van der Waals surface area contributed by atoms with Crippen LogP contribution in [0, 0.1) is 6.92 Å². The standard InChI is InChI=1S/C24H29BN4O/c1-14(2)18-6-4-5-16-10-23-25(11-19(16)18)12-22(28-23)17-8-7-15(3)21(9-17)29-24(30)20(27)13-26/h4-9,12,20,23,28H,1,10-11,13,26-27H2,2-3H3,(H,29,30). The van der Waals surface area contributed by atoms with Gasteiger partial charge in [0, 0.05) is 23.9 Å². The molecule has 2 aromatic carbocycles. The van der Waals surface area contributed by atoms with Gasteiger partial charge in [-0.05, 0) is 60.5 Å². The molecule has 6 N–H and O–H groups in total. The molecule has 1 amide bonds. The molecule has 0 saturated carbocycles. The highest BCUT2D eigenvalue weighted by atomic mass is 16.2. The number of hydrogen-bond donors (Lipinski definition) is 4. The lowest BCUT2D eigenvalue weighted by atomic mass is 9.39. The summed E-state index contributed by atoms with van der Waals surface area (Å²) in [6.45, 7) is 8.77. The maximum atomic E-state index is 12.2. The fraction of sp³-hybridized carbons (Fsp3) is 0.292. The summed E-state index contributed by atoms with van der Waals surface area (Å²) in [6, 6.07) is 12.0. The minimum absolute atomic E-state index is 0.118. The highest BCUT2D eigenvalue weighted by Crippen LogP contribution is 2.33. The van der Waals surface area contributed by atoms with Crippen molar-refractivity contribution in [1.82, 2.24) is 5.32 Å². The van der Waals surface area contributed by atoms with Crippen molar-refractivity contribution in [1.29, 1.82) is 0 Å². The fourth-order valence-corrected chi connectivity index (χ4v) is 4.46. The molecule has 2 heterocycles. The number of nitrogens with two attached hydrogens (primary N) is 2. The van der Waals surface area contributed by atoms with E-state index in [1.807, 2.05) is 19.1 Å². The van der Waals surface area contributed by atoms with E-state index in [1.54, 1.807) is 0 Å². The Hall–Kier alpha value is -2.83. The van der Waals surface area contributed by atoms with Gasteiger partial charge in [-0.2, -0.15) is 0 Å². The molecular formula is C24H29BN4O. The van der Waals surface area contributed by atoms with Crippen LogP contribution in [0.3, 0.4) is 0 Å². The zero-order valence-electron chi connectivity index (χ0n) is 17.7. The van der Waals surface area contributed by atoms with Crippen molar-refractivity contribution in [3.8, 4) is 0 Å². The summed E-state index contributed by atoms with van der Waals surface area (Å²) in [5.74, 6) is 2.46. The van der Waals surface area contributed by atoms with E-state index in [4.69, 9.17) is 11.5 Å². The highest BCUT2D eigenvalue weighted by Gasteiger charge is 2.36. The van der Waals surface area contributed by atoms with E-state index in [-0.39, 0.29) is 12.5 Å². The highest BCUT2D eigenvalue weighted by molar-refractivity contribution is 6.68. The van der Waals surface area contributed by atoms with E-state index in [0.29, 0.717) is 12.7 Å². The number of rotatable bonds is 5. The van der Waals surface area contributed by atoms with Crippen LogP contribution in [-0.4, -0.2) is 31.1 Å². The van der Waals surface area contributed by atoms with Crippen LogP contribution in [0.25, 0.3) is 11.3 Å². The van der Waals surface area contributed by atoms with Crippen LogP contribution in [0.2, 0.25) is 0 Å². The SMILES string of the molecule is C=C(C)c1cccc2c1CB1C=C(c3ccc(C)c(NC(=O)C(N)CN)c3)NC1C2. The maximum absolute atomic E-state index is 12.2. The van der Waals surface area contributed by atoms with Crippen molar-refractivity contribution in [2.75, 3.05) is 11.9 Å². The van der Waals surface area contributed by atoms with Crippen LogP contribution in [0.4, 0.5) is 5.69 Å². The van der Waals surface area contributed by atoms with E-state index in [0.717, 1.165) is 40.8 Å². The first-order chi connectivity index (χ1) is 14.4. The molecule has 4 rings (SSSR count). The van der Waals surface area contributed by atoms with Crippen molar-refractivity contribution in [2.24, 2.45) is 11.5 Å². The normalized spacial score (nSPS) is 18.1. The Balaban J connectivity index is 1.58. The summed E-state index contributed by atoms with van der Waals surface area (Å²) in [5.41, 5.74) is 20.5. The molecule has 2 aliphatic rings. The minimum atomic E-state index is -0.708. The predicted octanol–water partition coefficient (Wildman–Crippen LogP) is 2.48. The van der Waals surface area contributed by atoms with Gasteiger partial charge in [0.2, 0.25) is 5.91 Å². The zero-order chi connectivity index (χ0) is 21.4. The predicted molar refractivity (Wildman–Crippen MR) is 126 cm³/mol.